The fourth-order valence-corrected chi connectivity index (χ4v) is 1.73. The first kappa shape index (κ1) is 10.9. The first-order valence-electron chi connectivity index (χ1n) is 4.63. The minimum absolute atomic E-state index is 0.197. The van der Waals surface area contributed by atoms with E-state index in [1.165, 1.54) is 4.68 Å². The highest BCUT2D eigenvalue weighted by atomic mass is 79.9. The van der Waals surface area contributed by atoms with E-state index in [9.17, 15) is 4.79 Å². The van der Waals surface area contributed by atoms with Crippen LogP contribution in [0.2, 0.25) is 0 Å². The molecule has 5 heteroatoms. The van der Waals surface area contributed by atoms with Gasteiger partial charge in [0, 0.05) is 10.0 Å². The van der Waals surface area contributed by atoms with E-state index in [-0.39, 0.29) is 5.69 Å². The minimum Gasteiger partial charge on any atom is -0.477 e. The van der Waals surface area contributed by atoms with E-state index < -0.39 is 5.97 Å². The Kier molecular flexibility index (Phi) is 2.78. The van der Waals surface area contributed by atoms with E-state index in [2.05, 4.69) is 21.0 Å². The zero-order valence-corrected chi connectivity index (χ0v) is 10.1. The Bertz CT molecular complexity index is 531. The van der Waals surface area contributed by atoms with Gasteiger partial charge in [0.1, 0.15) is 0 Å². The molecule has 0 radical (unpaired) electrons. The van der Waals surface area contributed by atoms with Crippen LogP contribution in [0.1, 0.15) is 16.1 Å². The van der Waals surface area contributed by atoms with E-state index in [1.807, 2.05) is 24.3 Å². The van der Waals surface area contributed by atoms with Crippen molar-refractivity contribution in [3.8, 4) is 5.69 Å². The number of aryl methyl sites for hydroxylation is 1. The molecule has 4 nitrogen and oxygen atoms in total. The Morgan fingerprint density at radius 1 is 1.38 bits per heavy atom. The molecular weight excluding hydrogens is 272 g/mol. The van der Waals surface area contributed by atoms with Gasteiger partial charge in [-0.1, -0.05) is 15.9 Å². The topological polar surface area (TPSA) is 55.1 Å². The largest absolute Gasteiger partial charge is 0.477 e. The van der Waals surface area contributed by atoms with Crippen molar-refractivity contribution in [2.75, 3.05) is 0 Å². The molecular formula is C11H9BrN2O2. The van der Waals surface area contributed by atoms with Crippen LogP contribution in [0.3, 0.4) is 0 Å². The minimum atomic E-state index is -0.974. The number of aromatic nitrogens is 2. The normalized spacial score (nSPS) is 10.4. The Labute approximate surface area is 101 Å². The van der Waals surface area contributed by atoms with Crippen molar-refractivity contribution in [3.63, 3.8) is 0 Å². The Hall–Kier alpha value is -1.62. The van der Waals surface area contributed by atoms with Crippen molar-refractivity contribution in [1.82, 2.24) is 9.78 Å². The third kappa shape index (κ3) is 1.86. The van der Waals surface area contributed by atoms with Crippen molar-refractivity contribution in [1.29, 1.82) is 0 Å². The fourth-order valence-electron chi connectivity index (χ4n) is 1.47. The van der Waals surface area contributed by atoms with E-state index in [1.54, 1.807) is 13.1 Å². The zero-order valence-electron chi connectivity index (χ0n) is 8.51. The third-order valence-electron chi connectivity index (χ3n) is 2.23. The lowest BCUT2D eigenvalue weighted by Crippen LogP contribution is -2.09. The lowest BCUT2D eigenvalue weighted by molar-refractivity contribution is 0.0686. The van der Waals surface area contributed by atoms with Gasteiger partial charge in [0.2, 0.25) is 0 Å². The van der Waals surface area contributed by atoms with Gasteiger partial charge in [-0.15, -0.1) is 0 Å². The van der Waals surface area contributed by atoms with Gasteiger partial charge >= 0.3 is 5.97 Å². The van der Waals surface area contributed by atoms with Crippen molar-refractivity contribution < 1.29 is 9.90 Å². The Balaban J connectivity index is 2.56. The number of rotatable bonds is 2. The summed E-state index contributed by atoms with van der Waals surface area (Å²) in [6.45, 7) is 1.73. The molecule has 2 rings (SSSR count). The van der Waals surface area contributed by atoms with Gasteiger partial charge in [-0.3, -0.25) is 0 Å². The standard InChI is InChI=1S/C11H9BrN2O2/c1-7-6-13-14(10(7)11(15)16)9-4-2-8(12)3-5-9/h2-6H,1H3,(H,15,16). The average Bonchev–Trinajstić information content (AvgIpc) is 2.61. The number of hydrogen-bond donors (Lipinski definition) is 1. The molecule has 16 heavy (non-hydrogen) atoms. The van der Waals surface area contributed by atoms with E-state index in [0.717, 1.165) is 10.2 Å². The second kappa shape index (κ2) is 4.09. The summed E-state index contributed by atoms with van der Waals surface area (Å²) in [5.74, 6) is -0.974. The number of carboxylic acids is 1. The molecule has 0 aliphatic carbocycles. The van der Waals surface area contributed by atoms with Crippen LogP contribution >= 0.6 is 15.9 Å². The predicted molar refractivity (Wildman–Crippen MR) is 63.0 cm³/mol. The summed E-state index contributed by atoms with van der Waals surface area (Å²) in [5.41, 5.74) is 1.58. The molecule has 0 saturated carbocycles. The first-order valence-corrected chi connectivity index (χ1v) is 5.43. The number of nitrogens with zero attached hydrogens (tertiary/aromatic N) is 2. The summed E-state index contributed by atoms with van der Waals surface area (Å²) in [5, 5.41) is 13.1. The molecule has 0 saturated heterocycles. The zero-order chi connectivity index (χ0) is 11.7. The van der Waals surface area contributed by atoms with Crippen LogP contribution < -0.4 is 0 Å². The average molecular weight is 281 g/mol. The number of halogens is 1. The molecule has 1 heterocycles. The lowest BCUT2D eigenvalue weighted by Gasteiger charge is -2.04. The van der Waals surface area contributed by atoms with Crippen molar-refractivity contribution in [2.45, 2.75) is 6.92 Å². The molecule has 1 N–H and O–H groups in total. The monoisotopic (exact) mass is 280 g/mol. The maximum Gasteiger partial charge on any atom is 0.354 e. The van der Waals surface area contributed by atoms with Crippen molar-refractivity contribution >= 4 is 21.9 Å². The molecule has 1 aromatic carbocycles. The van der Waals surface area contributed by atoms with Crippen LogP contribution in [0.5, 0.6) is 0 Å². The van der Waals surface area contributed by atoms with Crippen molar-refractivity contribution in [3.05, 3.63) is 46.2 Å². The number of carbonyl (C=O) groups is 1. The Morgan fingerprint density at radius 3 is 2.56 bits per heavy atom. The van der Waals surface area contributed by atoms with Crippen molar-refractivity contribution in [2.24, 2.45) is 0 Å². The molecule has 1 aromatic heterocycles. The highest BCUT2D eigenvalue weighted by Gasteiger charge is 2.15. The number of benzene rings is 1. The quantitative estimate of drug-likeness (QED) is 0.920. The molecule has 0 bridgehead atoms. The molecule has 0 aliphatic heterocycles. The van der Waals surface area contributed by atoms with Crippen LogP contribution in [0, 0.1) is 6.92 Å². The molecule has 82 valence electrons. The van der Waals surface area contributed by atoms with Gasteiger partial charge in [0.15, 0.2) is 5.69 Å². The molecule has 0 atom stereocenters. The summed E-state index contributed by atoms with van der Waals surface area (Å²) in [6.07, 6.45) is 1.55. The molecule has 2 aromatic rings. The van der Waals surface area contributed by atoms with E-state index >= 15 is 0 Å². The Morgan fingerprint density at radius 2 is 2.00 bits per heavy atom. The van der Waals surface area contributed by atoms with Crippen LogP contribution in [0.15, 0.2) is 34.9 Å². The highest BCUT2D eigenvalue weighted by molar-refractivity contribution is 9.10. The maximum atomic E-state index is 11.1. The summed E-state index contributed by atoms with van der Waals surface area (Å²) < 4.78 is 2.36. The SMILES string of the molecule is Cc1cnn(-c2ccc(Br)cc2)c1C(=O)O. The summed E-state index contributed by atoms with van der Waals surface area (Å²) >= 11 is 3.32. The van der Waals surface area contributed by atoms with Gasteiger partial charge < -0.3 is 5.11 Å². The van der Waals surface area contributed by atoms with Gasteiger partial charge in [-0.2, -0.15) is 5.10 Å². The summed E-state index contributed by atoms with van der Waals surface area (Å²) in [7, 11) is 0. The molecule has 0 spiro atoms. The van der Waals surface area contributed by atoms with Crippen LogP contribution in [0.4, 0.5) is 0 Å². The smallest absolute Gasteiger partial charge is 0.354 e. The van der Waals surface area contributed by atoms with Crippen LogP contribution in [-0.4, -0.2) is 20.9 Å². The van der Waals surface area contributed by atoms with Gasteiger partial charge in [-0.05, 0) is 31.2 Å². The third-order valence-corrected chi connectivity index (χ3v) is 2.75. The maximum absolute atomic E-state index is 11.1. The second-order valence-corrected chi connectivity index (χ2v) is 4.29. The van der Waals surface area contributed by atoms with Gasteiger partial charge in [-0.25, -0.2) is 9.48 Å². The number of hydrogen-bond acceptors (Lipinski definition) is 2. The predicted octanol–water partition coefficient (Wildman–Crippen LogP) is 2.64. The second-order valence-electron chi connectivity index (χ2n) is 3.37. The summed E-state index contributed by atoms with van der Waals surface area (Å²) in [6, 6.07) is 7.31. The molecule has 0 amide bonds. The molecule has 0 fully saturated rings. The van der Waals surface area contributed by atoms with E-state index in [0.29, 0.717) is 5.56 Å². The molecule has 0 unspecified atom stereocenters. The van der Waals surface area contributed by atoms with E-state index in [4.69, 9.17) is 5.11 Å². The van der Waals surface area contributed by atoms with Crippen LogP contribution in [0.25, 0.3) is 5.69 Å². The summed E-state index contributed by atoms with van der Waals surface area (Å²) in [4.78, 5) is 11.1. The lowest BCUT2D eigenvalue weighted by atomic mass is 10.2. The van der Waals surface area contributed by atoms with Gasteiger partial charge in [0.05, 0.1) is 11.9 Å². The molecule has 0 aliphatic rings. The fraction of sp³-hybridized carbons (Fsp3) is 0.0909. The number of aromatic carboxylic acids is 1. The van der Waals surface area contributed by atoms with Crippen LogP contribution in [-0.2, 0) is 0 Å². The highest BCUT2D eigenvalue weighted by Crippen LogP contribution is 2.17. The number of carboxylic acid groups (broad SMARTS) is 1. The van der Waals surface area contributed by atoms with Gasteiger partial charge in [0.25, 0.3) is 0 Å². The first-order chi connectivity index (χ1) is 7.59.